The standard InChI is InChI=1S/C14H18O/c1-11-6-2-3-7-12(11)10-13-8-4-5-9-14(13)15/h2-3,6-7,13H,4-5,8-10H2,1H3/t13-/m0/s1. The summed E-state index contributed by atoms with van der Waals surface area (Å²) in [6, 6.07) is 8.40. The highest BCUT2D eigenvalue weighted by molar-refractivity contribution is 5.81. The lowest BCUT2D eigenvalue weighted by molar-refractivity contribution is -0.124. The highest BCUT2D eigenvalue weighted by atomic mass is 16.1. The number of carbonyl (C=O) groups excluding carboxylic acids is 1. The molecule has 0 saturated heterocycles. The van der Waals surface area contributed by atoms with E-state index in [0.29, 0.717) is 11.7 Å². The van der Waals surface area contributed by atoms with Gasteiger partial charge in [-0.1, -0.05) is 30.7 Å². The summed E-state index contributed by atoms with van der Waals surface area (Å²) in [4.78, 5) is 11.7. The molecule has 1 fully saturated rings. The number of aryl methyl sites for hydroxylation is 1. The summed E-state index contributed by atoms with van der Waals surface area (Å²) < 4.78 is 0. The summed E-state index contributed by atoms with van der Waals surface area (Å²) in [5.74, 6) is 0.768. The fraction of sp³-hybridized carbons (Fsp3) is 0.500. The van der Waals surface area contributed by atoms with Crippen molar-refractivity contribution in [3.8, 4) is 0 Å². The van der Waals surface area contributed by atoms with Gasteiger partial charge in [0.2, 0.25) is 0 Å². The Morgan fingerprint density at radius 3 is 2.80 bits per heavy atom. The molecule has 1 aliphatic rings. The molecule has 0 aliphatic heterocycles. The quantitative estimate of drug-likeness (QED) is 0.719. The number of hydrogen-bond donors (Lipinski definition) is 0. The molecule has 1 saturated carbocycles. The van der Waals surface area contributed by atoms with Gasteiger partial charge in [0.15, 0.2) is 0 Å². The molecule has 0 aromatic heterocycles. The van der Waals surface area contributed by atoms with Gasteiger partial charge in [0, 0.05) is 12.3 Å². The van der Waals surface area contributed by atoms with Crippen LogP contribution in [0.15, 0.2) is 24.3 Å². The maximum atomic E-state index is 11.7. The topological polar surface area (TPSA) is 17.1 Å². The monoisotopic (exact) mass is 202 g/mol. The van der Waals surface area contributed by atoms with Gasteiger partial charge < -0.3 is 0 Å². The van der Waals surface area contributed by atoms with E-state index >= 15 is 0 Å². The summed E-state index contributed by atoms with van der Waals surface area (Å²) in [5.41, 5.74) is 2.66. The molecule has 1 aromatic carbocycles. The second-order valence-corrected chi connectivity index (χ2v) is 4.54. The first kappa shape index (κ1) is 10.4. The molecule has 1 heteroatoms. The first-order valence-electron chi connectivity index (χ1n) is 5.84. The molecule has 15 heavy (non-hydrogen) atoms. The summed E-state index contributed by atoms with van der Waals surface area (Å²) >= 11 is 0. The lowest BCUT2D eigenvalue weighted by atomic mass is 9.83. The zero-order valence-electron chi connectivity index (χ0n) is 9.33. The molecule has 1 aromatic rings. The Labute approximate surface area is 91.5 Å². The van der Waals surface area contributed by atoms with Gasteiger partial charge in [-0.05, 0) is 37.3 Å². The molecule has 1 nitrogen and oxygen atoms in total. The number of Topliss-reactive ketones (excluding diaryl/α,β-unsaturated/α-hetero) is 1. The van der Waals surface area contributed by atoms with Crippen LogP contribution in [0.4, 0.5) is 0 Å². The molecule has 0 spiro atoms. The van der Waals surface area contributed by atoms with E-state index in [1.54, 1.807) is 0 Å². The van der Waals surface area contributed by atoms with E-state index in [-0.39, 0.29) is 0 Å². The molecule has 0 N–H and O–H groups in total. The largest absolute Gasteiger partial charge is 0.299 e. The molecule has 0 amide bonds. The van der Waals surface area contributed by atoms with Gasteiger partial charge in [0.1, 0.15) is 5.78 Å². The van der Waals surface area contributed by atoms with Crippen molar-refractivity contribution in [3.05, 3.63) is 35.4 Å². The summed E-state index contributed by atoms with van der Waals surface area (Å²) in [6.07, 6.45) is 5.17. The summed E-state index contributed by atoms with van der Waals surface area (Å²) in [5, 5.41) is 0. The number of hydrogen-bond acceptors (Lipinski definition) is 1. The van der Waals surface area contributed by atoms with Crippen LogP contribution < -0.4 is 0 Å². The van der Waals surface area contributed by atoms with Crippen molar-refractivity contribution in [3.63, 3.8) is 0 Å². The predicted molar refractivity (Wildman–Crippen MR) is 61.8 cm³/mol. The average Bonchev–Trinajstić information content (AvgIpc) is 2.24. The molecule has 0 heterocycles. The third-order valence-corrected chi connectivity index (χ3v) is 3.41. The Balaban J connectivity index is 2.08. The molecule has 1 aliphatic carbocycles. The lowest BCUT2D eigenvalue weighted by Crippen LogP contribution is -2.21. The molecular weight excluding hydrogens is 184 g/mol. The fourth-order valence-corrected chi connectivity index (χ4v) is 2.38. The van der Waals surface area contributed by atoms with Crippen molar-refractivity contribution in [1.29, 1.82) is 0 Å². The zero-order chi connectivity index (χ0) is 10.7. The Morgan fingerprint density at radius 1 is 1.27 bits per heavy atom. The molecular formula is C14H18O. The third kappa shape index (κ3) is 2.47. The van der Waals surface area contributed by atoms with Crippen LogP contribution in [0.5, 0.6) is 0 Å². The van der Waals surface area contributed by atoms with E-state index in [2.05, 4.69) is 31.2 Å². The number of carbonyl (C=O) groups is 1. The van der Waals surface area contributed by atoms with Crippen LogP contribution in [0, 0.1) is 12.8 Å². The first-order valence-corrected chi connectivity index (χ1v) is 5.84. The second-order valence-electron chi connectivity index (χ2n) is 4.54. The van der Waals surface area contributed by atoms with Gasteiger partial charge in [-0.15, -0.1) is 0 Å². The van der Waals surface area contributed by atoms with Crippen molar-refractivity contribution in [2.45, 2.75) is 39.0 Å². The number of benzene rings is 1. The third-order valence-electron chi connectivity index (χ3n) is 3.41. The van der Waals surface area contributed by atoms with Crippen LogP contribution in [-0.2, 0) is 11.2 Å². The van der Waals surface area contributed by atoms with E-state index < -0.39 is 0 Å². The molecule has 0 bridgehead atoms. The molecule has 1 atom stereocenters. The summed E-state index contributed by atoms with van der Waals surface area (Å²) in [6.45, 7) is 2.13. The van der Waals surface area contributed by atoms with Crippen LogP contribution >= 0.6 is 0 Å². The smallest absolute Gasteiger partial charge is 0.136 e. The highest BCUT2D eigenvalue weighted by Gasteiger charge is 2.22. The van der Waals surface area contributed by atoms with Crippen LogP contribution in [0.25, 0.3) is 0 Å². The van der Waals surface area contributed by atoms with Gasteiger partial charge in [-0.2, -0.15) is 0 Å². The minimum atomic E-state index is 0.292. The van der Waals surface area contributed by atoms with Crippen LogP contribution in [-0.4, -0.2) is 5.78 Å². The molecule has 2 rings (SSSR count). The Hall–Kier alpha value is -1.11. The highest BCUT2D eigenvalue weighted by Crippen LogP contribution is 2.25. The predicted octanol–water partition coefficient (Wildman–Crippen LogP) is 3.30. The number of ketones is 1. The van der Waals surface area contributed by atoms with Crippen molar-refractivity contribution in [2.75, 3.05) is 0 Å². The van der Waals surface area contributed by atoms with E-state index in [0.717, 1.165) is 25.7 Å². The van der Waals surface area contributed by atoms with Gasteiger partial charge in [-0.25, -0.2) is 0 Å². The Kier molecular flexibility index (Phi) is 3.20. The normalized spacial score (nSPS) is 21.7. The molecule has 0 radical (unpaired) electrons. The number of rotatable bonds is 2. The van der Waals surface area contributed by atoms with E-state index in [4.69, 9.17) is 0 Å². The van der Waals surface area contributed by atoms with E-state index in [9.17, 15) is 4.79 Å². The van der Waals surface area contributed by atoms with Crippen LogP contribution in [0.3, 0.4) is 0 Å². The van der Waals surface area contributed by atoms with Gasteiger partial charge in [-0.3, -0.25) is 4.79 Å². The second kappa shape index (κ2) is 4.61. The van der Waals surface area contributed by atoms with Crippen LogP contribution in [0.1, 0.15) is 36.8 Å². The minimum absolute atomic E-state index is 0.292. The Bertz CT molecular complexity index is 354. The Morgan fingerprint density at radius 2 is 2.07 bits per heavy atom. The van der Waals surface area contributed by atoms with Crippen LogP contribution in [0.2, 0.25) is 0 Å². The minimum Gasteiger partial charge on any atom is -0.299 e. The van der Waals surface area contributed by atoms with Crippen molar-refractivity contribution < 1.29 is 4.79 Å². The fourth-order valence-electron chi connectivity index (χ4n) is 2.38. The maximum absolute atomic E-state index is 11.7. The first-order chi connectivity index (χ1) is 7.27. The van der Waals surface area contributed by atoms with E-state index in [1.807, 2.05) is 0 Å². The van der Waals surface area contributed by atoms with Crippen molar-refractivity contribution in [2.24, 2.45) is 5.92 Å². The summed E-state index contributed by atoms with van der Waals surface area (Å²) in [7, 11) is 0. The molecule has 80 valence electrons. The van der Waals surface area contributed by atoms with Gasteiger partial charge >= 0.3 is 0 Å². The lowest BCUT2D eigenvalue weighted by Gasteiger charge is -2.21. The van der Waals surface area contributed by atoms with Gasteiger partial charge in [0.05, 0.1) is 0 Å². The van der Waals surface area contributed by atoms with Gasteiger partial charge in [0.25, 0.3) is 0 Å². The average molecular weight is 202 g/mol. The zero-order valence-corrected chi connectivity index (χ0v) is 9.33. The van der Waals surface area contributed by atoms with E-state index in [1.165, 1.54) is 17.5 Å². The van der Waals surface area contributed by atoms with Crippen molar-refractivity contribution >= 4 is 5.78 Å². The van der Waals surface area contributed by atoms with Crippen molar-refractivity contribution in [1.82, 2.24) is 0 Å². The maximum Gasteiger partial charge on any atom is 0.136 e. The molecule has 0 unspecified atom stereocenters. The SMILES string of the molecule is Cc1ccccc1C[C@@H]1CCCCC1=O.